The van der Waals surface area contributed by atoms with Gasteiger partial charge in [-0.25, -0.2) is 4.79 Å². The lowest BCUT2D eigenvalue weighted by molar-refractivity contribution is -0.184. The van der Waals surface area contributed by atoms with Gasteiger partial charge >= 0.3 is 18.2 Å². The number of nitrogens with zero attached hydrogens (tertiary/aromatic N) is 1. The Morgan fingerprint density at radius 2 is 1.81 bits per heavy atom. The predicted octanol–water partition coefficient (Wildman–Crippen LogP) is 1.28. The van der Waals surface area contributed by atoms with Crippen molar-refractivity contribution in [1.29, 1.82) is 0 Å². The van der Waals surface area contributed by atoms with E-state index < -0.39 is 36.4 Å². The molecule has 0 aliphatic rings. The van der Waals surface area contributed by atoms with Gasteiger partial charge in [0.15, 0.2) is 0 Å². The monoisotopic (exact) mass is 314 g/mol. The fourth-order valence-electron chi connectivity index (χ4n) is 1.35. The maximum Gasteiger partial charge on any atom is 0.471 e. The van der Waals surface area contributed by atoms with Gasteiger partial charge in [-0.3, -0.25) is 4.79 Å². The molecule has 1 unspecified atom stereocenters. The van der Waals surface area contributed by atoms with Crippen LogP contribution < -0.4 is 5.32 Å². The van der Waals surface area contributed by atoms with E-state index in [1.807, 2.05) is 0 Å². The highest BCUT2D eigenvalue weighted by Crippen LogP contribution is 2.17. The fraction of sp³-hybridized carbons (Fsp3) is 0.833. The van der Waals surface area contributed by atoms with E-state index in [4.69, 9.17) is 9.84 Å². The first-order valence-electron chi connectivity index (χ1n) is 6.29. The summed E-state index contributed by atoms with van der Waals surface area (Å²) in [5.41, 5.74) is -0.729. The van der Waals surface area contributed by atoms with E-state index in [1.165, 1.54) is 0 Å². The summed E-state index contributed by atoms with van der Waals surface area (Å²) in [4.78, 5) is 22.8. The summed E-state index contributed by atoms with van der Waals surface area (Å²) in [6.45, 7) is 4.20. The van der Waals surface area contributed by atoms with Gasteiger partial charge in [0.25, 0.3) is 0 Å². The first-order chi connectivity index (χ1) is 9.36. The SMILES string of the molecule is CN(CCC(CO)NC(=O)OC(C)(C)C)C(=O)C(F)(F)F. The minimum atomic E-state index is -4.94. The van der Waals surface area contributed by atoms with Crippen molar-refractivity contribution < 1.29 is 32.6 Å². The van der Waals surface area contributed by atoms with Gasteiger partial charge in [0.2, 0.25) is 0 Å². The number of nitrogens with one attached hydrogen (secondary N) is 1. The average molecular weight is 314 g/mol. The van der Waals surface area contributed by atoms with Crippen LogP contribution in [-0.4, -0.2) is 60.0 Å². The minimum absolute atomic E-state index is 0.0337. The standard InChI is InChI=1S/C12H21F3N2O4/c1-11(2,3)21-10(20)16-8(7-18)5-6-17(4)9(19)12(13,14)15/h8,18H,5-7H2,1-4H3,(H,16,20). The van der Waals surface area contributed by atoms with Gasteiger partial charge in [-0.2, -0.15) is 13.2 Å². The van der Waals surface area contributed by atoms with Crippen molar-refractivity contribution in [1.82, 2.24) is 10.2 Å². The summed E-state index contributed by atoms with van der Waals surface area (Å²) in [7, 11) is 0.998. The van der Waals surface area contributed by atoms with Crippen molar-refractivity contribution in [3.05, 3.63) is 0 Å². The van der Waals surface area contributed by atoms with E-state index in [0.29, 0.717) is 4.90 Å². The second-order valence-corrected chi connectivity index (χ2v) is 5.54. The van der Waals surface area contributed by atoms with Crippen molar-refractivity contribution in [2.24, 2.45) is 0 Å². The molecule has 124 valence electrons. The van der Waals surface area contributed by atoms with Crippen molar-refractivity contribution in [2.45, 2.75) is 45.0 Å². The second kappa shape index (κ2) is 7.48. The molecule has 1 atom stereocenters. The normalized spacial score (nSPS) is 13.5. The number of aliphatic hydroxyl groups is 1. The van der Waals surface area contributed by atoms with Crippen LogP contribution in [0.3, 0.4) is 0 Å². The highest BCUT2D eigenvalue weighted by atomic mass is 19.4. The number of alkyl halides is 3. The molecule has 21 heavy (non-hydrogen) atoms. The van der Waals surface area contributed by atoms with E-state index in [9.17, 15) is 22.8 Å². The van der Waals surface area contributed by atoms with Crippen LogP contribution in [0.5, 0.6) is 0 Å². The highest BCUT2D eigenvalue weighted by Gasteiger charge is 2.41. The molecule has 6 nitrogen and oxygen atoms in total. The van der Waals surface area contributed by atoms with Crippen LogP contribution in [0.1, 0.15) is 27.2 Å². The van der Waals surface area contributed by atoms with Crippen LogP contribution >= 0.6 is 0 Å². The lowest BCUT2D eigenvalue weighted by atomic mass is 10.2. The molecule has 0 bridgehead atoms. The Hall–Kier alpha value is -1.51. The number of carbonyl (C=O) groups excluding carboxylic acids is 2. The van der Waals surface area contributed by atoms with E-state index in [1.54, 1.807) is 20.8 Å². The average Bonchev–Trinajstić information content (AvgIpc) is 2.29. The minimum Gasteiger partial charge on any atom is -0.444 e. The molecule has 0 fully saturated rings. The second-order valence-electron chi connectivity index (χ2n) is 5.54. The molecule has 0 aromatic rings. The van der Waals surface area contributed by atoms with Gasteiger partial charge in [-0.1, -0.05) is 0 Å². The largest absolute Gasteiger partial charge is 0.471 e. The third kappa shape index (κ3) is 8.38. The Balaban J connectivity index is 4.34. The lowest BCUT2D eigenvalue weighted by Gasteiger charge is -2.24. The zero-order valence-corrected chi connectivity index (χ0v) is 12.5. The van der Waals surface area contributed by atoms with Gasteiger partial charge in [-0.15, -0.1) is 0 Å². The molecular formula is C12H21F3N2O4. The molecule has 2 N–H and O–H groups in total. The van der Waals surface area contributed by atoms with Gasteiger partial charge in [0, 0.05) is 13.6 Å². The molecule has 0 spiro atoms. The smallest absolute Gasteiger partial charge is 0.444 e. The Labute approximate surface area is 121 Å². The first kappa shape index (κ1) is 19.5. The molecule has 9 heteroatoms. The molecule has 0 aliphatic heterocycles. The number of hydrogen-bond donors (Lipinski definition) is 2. The van der Waals surface area contributed by atoms with Crippen molar-refractivity contribution in [3.8, 4) is 0 Å². The number of halogens is 3. The van der Waals surface area contributed by atoms with E-state index in [2.05, 4.69) is 5.32 Å². The van der Waals surface area contributed by atoms with Crippen molar-refractivity contribution >= 4 is 12.0 Å². The molecule has 0 heterocycles. The zero-order valence-electron chi connectivity index (χ0n) is 12.5. The maximum absolute atomic E-state index is 12.2. The Morgan fingerprint density at radius 1 is 1.29 bits per heavy atom. The molecule has 0 saturated heterocycles. The van der Waals surface area contributed by atoms with Crippen molar-refractivity contribution in [2.75, 3.05) is 20.2 Å². The summed E-state index contributed by atoms with van der Waals surface area (Å²) in [6.07, 6.45) is -5.76. The van der Waals surface area contributed by atoms with Crippen LogP contribution in [-0.2, 0) is 9.53 Å². The molecule has 2 amide bonds. The van der Waals surface area contributed by atoms with Crippen LogP contribution in [0.2, 0.25) is 0 Å². The summed E-state index contributed by atoms with van der Waals surface area (Å²) in [6, 6.07) is -0.802. The number of rotatable bonds is 5. The van der Waals surface area contributed by atoms with Crippen LogP contribution in [0.25, 0.3) is 0 Å². The third-order valence-corrected chi connectivity index (χ3v) is 2.34. The molecular weight excluding hydrogens is 293 g/mol. The molecule has 0 radical (unpaired) electrons. The molecule has 0 aromatic carbocycles. The quantitative estimate of drug-likeness (QED) is 0.801. The highest BCUT2D eigenvalue weighted by molar-refractivity contribution is 5.81. The predicted molar refractivity (Wildman–Crippen MR) is 68.6 cm³/mol. The van der Waals surface area contributed by atoms with E-state index >= 15 is 0 Å². The first-order valence-corrected chi connectivity index (χ1v) is 6.29. The Kier molecular flexibility index (Phi) is 6.95. The van der Waals surface area contributed by atoms with Gasteiger partial charge in [-0.05, 0) is 27.2 Å². The van der Waals surface area contributed by atoms with E-state index in [0.717, 1.165) is 7.05 Å². The fourth-order valence-corrected chi connectivity index (χ4v) is 1.35. The van der Waals surface area contributed by atoms with Crippen LogP contribution in [0, 0.1) is 0 Å². The number of aliphatic hydroxyl groups excluding tert-OH is 1. The Bertz CT molecular complexity index is 366. The lowest BCUT2D eigenvalue weighted by Crippen LogP contribution is -2.44. The number of hydrogen-bond acceptors (Lipinski definition) is 4. The van der Waals surface area contributed by atoms with Gasteiger partial charge in [0.1, 0.15) is 5.60 Å². The number of ether oxygens (including phenoxy) is 1. The van der Waals surface area contributed by atoms with Crippen LogP contribution in [0.15, 0.2) is 0 Å². The molecule has 0 saturated carbocycles. The van der Waals surface area contributed by atoms with Gasteiger partial charge < -0.3 is 20.1 Å². The number of amides is 2. The molecule has 0 aliphatic carbocycles. The van der Waals surface area contributed by atoms with Gasteiger partial charge in [0.05, 0.1) is 12.6 Å². The van der Waals surface area contributed by atoms with Crippen molar-refractivity contribution in [3.63, 3.8) is 0 Å². The number of carbonyl (C=O) groups is 2. The Morgan fingerprint density at radius 3 is 2.19 bits per heavy atom. The summed E-state index contributed by atoms with van der Waals surface area (Å²) in [5.74, 6) is -1.98. The summed E-state index contributed by atoms with van der Waals surface area (Å²) >= 11 is 0. The third-order valence-electron chi connectivity index (χ3n) is 2.34. The summed E-state index contributed by atoms with van der Waals surface area (Å²) in [5, 5.41) is 11.4. The van der Waals surface area contributed by atoms with E-state index in [-0.39, 0.29) is 13.0 Å². The van der Waals surface area contributed by atoms with Crippen LogP contribution in [0.4, 0.5) is 18.0 Å². The zero-order chi connectivity index (χ0) is 16.8. The summed E-state index contributed by atoms with van der Waals surface area (Å²) < 4.78 is 41.5. The topological polar surface area (TPSA) is 78.9 Å². The maximum atomic E-state index is 12.2. The molecule has 0 aromatic heterocycles. The molecule has 0 rings (SSSR count). The number of alkyl carbamates (subject to hydrolysis) is 1.